The number of nitrogens with zero attached hydrogens (tertiary/aromatic N) is 2. The Morgan fingerprint density at radius 2 is 1.82 bits per heavy atom. The molecule has 0 spiro atoms. The van der Waals surface area contributed by atoms with E-state index < -0.39 is 15.7 Å². The van der Waals surface area contributed by atoms with Gasteiger partial charge in [0.05, 0.1) is 10.6 Å². The monoisotopic (exact) mass is 419 g/mol. The summed E-state index contributed by atoms with van der Waals surface area (Å²) in [5.74, 6) is -0.600. The minimum Gasteiger partial charge on any atom is -0.403 e. The molecule has 1 aromatic heterocycles. The van der Waals surface area contributed by atoms with Crippen molar-refractivity contribution in [3.8, 4) is 11.5 Å². The number of anilines is 1. The van der Waals surface area contributed by atoms with Gasteiger partial charge in [-0.1, -0.05) is 34.4 Å². The first kappa shape index (κ1) is 20.0. The Hall–Kier alpha value is -2.71. The Bertz CT molecular complexity index is 1110. The second-order valence-electron chi connectivity index (χ2n) is 6.30. The molecule has 28 heavy (non-hydrogen) atoms. The lowest BCUT2D eigenvalue weighted by atomic mass is 10.1. The van der Waals surface area contributed by atoms with E-state index >= 15 is 0 Å². The first-order chi connectivity index (χ1) is 13.2. The number of aromatic nitrogens is 2. The molecule has 9 heteroatoms. The van der Waals surface area contributed by atoms with Crippen molar-refractivity contribution in [1.82, 2.24) is 10.2 Å². The Kier molecular flexibility index (Phi) is 5.81. The van der Waals surface area contributed by atoms with Gasteiger partial charge in [-0.3, -0.25) is 10.1 Å². The summed E-state index contributed by atoms with van der Waals surface area (Å²) < 4.78 is 30.1. The fourth-order valence-electron chi connectivity index (χ4n) is 2.52. The van der Waals surface area contributed by atoms with Crippen molar-refractivity contribution in [3.63, 3.8) is 0 Å². The van der Waals surface area contributed by atoms with Crippen LogP contribution in [0.3, 0.4) is 0 Å². The molecule has 7 nitrogen and oxygen atoms in total. The number of hydrogen-bond acceptors (Lipinski definition) is 6. The van der Waals surface area contributed by atoms with Crippen LogP contribution in [-0.2, 0) is 14.6 Å². The van der Waals surface area contributed by atoms with Gasteiger partial charge in [0.2, 0.25) is 11.8 Å². The van der Waals surface area contributed by atoms with Gasteiger partial charge in [0.1, 0.15) is 0 Å². The summed E-state index contributed by atoms with van der Waals surface area (Å²) in [4.78, 5) is 12.2. The van der Waals surface area contributed by atoms with E-state index in [4.69, 9.17) is 16.0 Å². The highest BCUT2D eigenvalue weighted by Gasteiger charge is 2.18. The largest absolute Gasteiger partial charge is 0.403 e. The van der Waals surface area contributed by atoms with Gasteiger partial charge in [-0.15, -0.1) is 5.10 Å². The van der Waals surface area contributed by atoms with Crippen molar-refractivity contribution >= 4 is 33.4 Å². The predicted octanol–water partition coefficient (Wildman–Crippen LogP) is 3.81. The van der Waals surface area contributed by atoms with Crippen LogP contribution in [0, 0.1) is 13.8 Å². The van der Waals surface area contributed by atoms with Crippen molar-refractivity contribution in [3.05, 3.63) is 58.6 Å². The van der Waals surface area contributed by atoms with Crippen molar-refractivity contribution in [1.29, 1.82) is 0 Å². The smallest absolute Gasteiger partial charge is 0.322 e. The van der Waals surface area contributed by atoms with Gasteiger partial charge < -0.3 is 4.42 Å². The van der Waals surface area contributed by atoms with Crippen molar-refractivity contribution in [2.24, 2.45) is 0 Å². The first-order valence-electron chi connectivity index (χ1n) is 8.44. The number of rotatable bonds is 6. The number of benzene rings is 2. The maximum atomic E-state index is 12.3. The summed E-state index contributed by atoms with van der Waals surface area (Å²) in [7, 11) is -3.60. The number of halogens is 1. The zero-order chi connectivity index (χ0) is 20.3. The van der Waals surface area contributed by atoms with Crippen LogP contribution in [0.15, 0.2) is 51.8 Å². The first-order valence-corrected chi connectivity index (χ1v) is 10.5. The fraction of sp³-hybridized carbons (Fsp3) is 0.211. The highest BCUT2D eigenvalue weighted by atomic mass is 35.5. The molecule has 146 valence electrons. The lowest BCUT2D eigenvalue weighted by Gasteiger charge is -2.04. The van der Waals surface area contributed by atoms with Crippen LogP contribution < -0.4 is 5.32 Å². The van der Waals surface area contributed by atoms with E-state index in [1.54, 1.807) is 0 Å². The van der Waals surface area contributed by atoms with E-state index in [1.165, 1.54) is 24.3 Å². The van der Waals surface area contributed by atoms with Crippen molar-refractivity contribution in [2.45, 2.75) is 25.2 Å². The normalized spacial score (nSPS) is 11.4. The van der Waals surface area contributed by atoms with Gasteiger partial charge in [-0.2, -0.15) is 0 Å². The molecule has 0 saturated carbocycles. The lowest BCUT2D eigenvalue weighted by molar-refractivity contribution is -0.115. The number of amides is 1. The maximum Gasteiger partial charge on any atom is 0.322 e. The zero-order valence-electron chi connectivity index (χ0n) is 15.3. The predicted molar refractivity (Wildman–Crippen MR) is 106 cm³/mol. The summed E-state index contributed by atoms with van der Waals surface area (Å²) in [5.41, 5.74) is 2.77. The topological polar surface area (TPSA) is 102 Å². The number of aryl methyl sites for hydroxylation is 2. The standard InChI is InChI=1S/C19H18ClN3O4S/c1-12-3-4-13(2)16(11-12)18-22-23-19(27-18)21-17(24)9-10-28(25,26)15-7-5-14(20)6-8-15/h3-8,11H,9-10H2,1-2H3,(H,21,23,24). The van der Waals surface area contributed by atoms with E-state index in [1.807, 2.05) is 32.0 Å². The van der Waals surface area contributed by atoms with Gasteiger partial charge in [-0.05, 0) is 49.7 Å². The van der Waals surface area contributed by atoms with E-state index in [2.05, 4.69) is 15.5 Å². The number of carbonyl (C=O) groups excluding carboxylic acids is 1. The Morgan fingerprint density at radius 1 is 1.11 bits per heavy atom. The highest BCUT2D eigenvalue weighted by molar-refractivity contribution is 7.91. The lowest BCUT2D eigenvalue weighted by Crippen LogP contribution is -2.17. The second kappa shape index (κ2) is 8.12. The van der Waals surface area contributed by atoms with E-state index in [0.29, 0.717) is 5.02 Å². The van der Waals surface area contributed by atoms with Crippen molar-refractivity contribution < 1.29 is 17.6 Å². The number of nitrogens with one attached hydrogen (secondary N) is 1. The quantitative estimate of drug-likeness (QED) is 0.651. The molecule has 3 rings (SSSR count). The molecule has 0 unspecified atom stereocenters. The van der Waals surface area contributed by atoms with Crippen LogP contribution in [0.1, 0.15) is 17.5 Å². The summed E-state index contributed by atoms with van der Waals surface area (Å²) >= 11 is 5.76. The molecule has 3 aromatic rings. The summed E-state index contributed by atoms with van der Waals surface area (Å²) in [5, 5.41) is 10.6. The minimum atomic E-state index is -3.60. The van der Waals surface area contributed by atoms with Crippen LogP contribution >= 0.6 is 11.6 Å². The second-order valence-corrected chi connectivity index (χ2v) is 8.85. The van der Waals surface area contributed by atoms with Crippen molar-refractivity contribution in [2.75, 3.05) is 11.1 Å². The molecule has 0 radical (unpaired) electrons. The van der Waals surface area contributed by atoms with Gasteiger partial charge in [0.15, 0.2) is 9.84 Å². The fourth-order valence-corrected chi connectivity index (χ4v) is 3.88. The summed E-state index contributed by atoms with van der Waals surface area (Å²) in [6, 6.07) is 11.5. The van der Waals surface area contributed by atoms with E-state index in [-0.39, 0.29) is 29.0 Å². The molecule has 1 N–H and O–H groups in total. The Morgan fingerprint density at radius 3 is 2.54 bits per heavy atom. The van der Waals surface area contributed by atoms with Gasteiger partial charge in [0, 0.05) is 17.0 Å². The molecular weight excluding hydrogens is 402 g/mol. The molecule has 2 aromatic carbocycles. The Labute approximate surface area is 167 Å². The van der Waals surface area contributed by atoms with E-state index in [9.17, 15) is 13.2 Å². The van der Waals surface area contributed by atoms with Crippen LogP contribution in [0.2, 0.25) is 5.02 Å². The van der Waals surface area contributed by atoms with Crippen LogP contribution in [0.4, 0.5) is 6.01 Å². The molecule has 1 amide bonds. The van der Waals surface area contributed by atoms with E-state index in [0.717, 1.165) is 16.7 Å². The molecule has 1 heterocycles. The third-order valence-corrected chi connectivity index (χ3v) is 6.05. The minimum absolute atomic E-state index is 0.0789. The Balaban J connectivity index is 1.63. The SMILES string of the molecule is Cc1ccc(C)c(-c2nnc(NC(=O)CCS(=O)(=O)c3ccc(Cl)cc3)o2)c1. The number of hydrogen-bond donors (Lipinski definition) is 1. The molecule has 0 atom stereocenters. The molecule has 0 bridgehead atoms. The number of carbonyl (C=O) groups is 1. The number of sulfone groups is 1. The molecule has 0 aliphatic carbocycles. The molecule has 0 saturated heterocycles. The average molecular weight is 420 g/mol. The van der Waals surface area contributed by atoms with Crippen LogP contribution in [0.5, 0.6) is 0 Å². The molecule has 0 aliphatic heterocycles. The maximum absolute atomic E-state index is 12.3. The van der Waals surface area contributed by atoms with Gasteiger partial charge in [-0.25, -0.2) is 8.42 Å². The summed E-state index contributed by atoms with van der Waals surface area (Å²) in [6.45, 7) is 3.86. The molecule has 0 fully saturated rings. The van der Waals surface area contributed by atoms with Gasteiger partial charge >= 0.3 is 6.01 Å². The van der Waals surface area contributed by atoms with Gasteiger partial charge in [0.25, 0.3) is 0 Å². The molecular formula is C19H18ClN3O4S. The molecule has 0 aliphatic rings. The van der Waals surface area contributed by atoms with Crippen LogP contribution in [-0.4, -0.2) is 30.3 Å². The third kappa shape index (κ3) is 4.76. The third-order valence-electron chi connectivity index (χ3n) is 4.07. The summed E-state index contributed by atoms with van der Waals surface area (Å²) in [6.07, 6.45) is -0.244. The zero-order valence-corrected chi connectivity index (χ0v) is 16.8. The van der Waals surface area contributed by atoms with Crippen LogP contribution in [0.25, 0.3) is 11.5 Å². The highest BCUT2D eigenvalue weighted by Crippen LogP contribution is 2.24. The average Bonchev–Trinajstić information content (AvgIpc) is 3.11.